The summed E-state index contributed by atoms with van der Waals surface area (Å²) in [5.74, 6) is 0.799. The minimum Gasteiger partial charge on any atom is -0.467 e. The number of benzene rings is 2. The largest absolute Gasteiger partial charge is 0.467 e. The number of anilines is 1. The predicted molar refractivity (Wildman–Crippen MR) is 106 cm³/mol. The van der Waals surface area contributed by atoms with Crippen molar-refractivity contribution in [2.24, 2.45) is 0 Å². The quantitative estimate of drug-likeness (QED) is 0.575. The molecule has 2 aromatic heterocycles. The molecule has 134 valence electrons. The van der Waals surface area contributed by atoms with Crippen molar-refractivity contribution in [1.29, 1.82) is 0 Å². The molecule has 1 unspecified atom stereocenters. The average Bonchev–Trinajstić information content (AvgIpc) is 2.74. The lowest BCUT2D eigenvalue weighted by atomic mass is 10.1. The van der Waals surface area contributed by atoms with E-state index in [1.165, 1.54) is 5.56 Å². The van der Waals surface area contributed by atoms with Gasteiger partial charge in [-0.15, -0.1) is 0 Å². The lowest BCUT2D eigenvalue weighted by Gasteiger charge is -2.16. The van der Waals surface area contributed by atoms with Crippen LogP contribution in [-0.4, -0.2) is 27.0 Å². The molecule has 0 bridgehead atoms. The molecule has 2 heterocycles. The van der Waals surface area contributed by atoms with Gasteiger partial charge in [-0.25, -0.2) is 19.9 Å². The van der Waals surface area contributed by atoms with E-state index < -0.39 is 0 Å². The van der Waals surface area contributed by atoms with Crippen LogP contribution in [0.4, 0.5) is 5.82 Å². The molecule has 0 amide bonds. The Morgan fingerprint density at radius 2 is 1.67 bits per heavy atom. The molecule has 2 aromatic carbocycles. The van der Waals surface area contributed by atoms with E-state index in [0.717, 1.165) is 27.8 Å². The van der Waals surface area contributed by atoms with Crippen LogP contribution in [0.2, 0.25) is 0 Å². The van der Waals surface area contributed by atoms with Crippen LogP contribution >= 0.6 is 0 Å². The SMILES string of the molecule is COc1ncc(-c2ccc3ncnc(NC(C)c4ccccc4)c3c2)cn1. The average molecular weight is 357 g/mol. The van der Waals surface area contributed by atoms with Crippen LogP contribution in [0.5, 0.6) is 6.01 Å². The highest BCUT2D eigenvalue weighted by atomic mass is 16.5. The second-order valence-corrected chi connectivity index (χ2v) is 6.19. The second kappa shape index (κ2) is 7.37. The van der Waals surface area contributed by atoms with Gasteiger partial charge in [0.05, 0.1) is 12.6 Å². The van der Waals surface area contributed by atoms with E-state index in [4.69, 9.17) is 4.74 Å². The predicted octanol–water partition coefficient (Wildman–Crippen LogP) is 4.27. The Kier molecular flexibility index (Phi) is 4.61. The summed E-state index contributed by atoms with van der Waals surface area (Å²) in [5.41, 5.74) is 3.98. The molecule has 0 saturated heterocycles. The van der Waals surface area contributed by atoms with E-state index in [0.29, 0.717) is 6.01 Å². The maximum absolute atomic E-state index is 5.03. The maximum Gasteiger partial charge on any atom is 0.316 e. The third kappa shape index (κ3) is 3.55. The van der Waals surface area contributed by atoms with Crippen LogP contribution < -0.4 is 10.1 Å². The van der Waals surface area contributed by atoms with E-state index >= 15 is 0 Å². The summed E-state index contributed by atoms with van der Waals surface area (Å²) in [6.07, 6.45) is 5.07. The standard InChI is InChI=1S/C21H19N5O/c1-14(15-6-4-3-5-7-15)26-20-18-10-16(8-9-19(18)24-13-25-20)17-11-22-21(27-2)23-12-17/h3-14H,1-2H3,(H,24,25,26). The highest BCUT2D eigenvalue weighted by Crippen LogP contribution is 2.28. The number of methoxy groups -OCH3 is 1. The van der Waals surface area contributed by atoms with Crippen molar-refractivity contribution < 1.29 is 4.74 Å². The molecular weight excluding hydrogens is 338 g/mol. The van der Waals surface area contributed by atoms with Gasteiger partial charge in [0.15, 0.2) is 0 Å². The summed E-state index contributed by atoms with van der Waals surface area (Å²) in [7, 11) is 1.55. The van der Waals surface area contributed by atoms with Crippen LogP contribution in [0.1, 0.15) is 18.5 Å². The smallest absolute Gasteiger partial charge is 0.316 e. The van der Waals surface area contributed by atoms with Crippen molar-refractivity contribution in [1.82, 2.24) is 19.9 Å². The first kappa shape index (κ1) is 16.9. The Hall–Kier alpha value is -3.54. The molecule has 6 heteroatoms. The molecule has 0 aliphatic rings. The number of rotatable bonds is 5. The van der Waals surface area contributed by atoms with Gasteiger partial charge in [0.1, 0.15) is 12.1 Å². The molecule has 0 radical (unpaired) electrons. The molecule has 0 spiro atoms. The van der Waals surface area contributed by atoms with Crippen molar-refractivity contribution in [3.63, 3.8) is 0 Å². The van der Waals surface area contributed by atoms with Gasteiger partial charge in [-0.3, -0.25) is 0 Å². The van der Waals surface area contributed by atoms with Gasteiger partial charge < -0.3 is 10.1 Å². The Morgan fingerprint density at radius 3 is 2.41 bits per heavy atom. The van der Waals surface area contributed by atoms with Gasteiger partial charge in [-0.2, -0.15) is 0 Å². The molecule has 27 heavy (non-hydrogen) atoms. The monoisotopic (exact) mass is 357 g/mol. The number of nitrogens with one attached hydrogen (secondary N) is 1. The fourth-order valence-electron chi connectivity index (χ4n) is 2.95. The van der Waals surface area contributed by atoms with Crippen LogP contribution in [0.3, 0.4) is 0 Å². The molecule has 0 aliphatic heterocycles. The first-order chi connectivity index (χ1) is 13.2. The second-order valence-electron chi connectivity index (χ2n) is 6.19. The third-order valence-electron chi connectivity index (χ3n) is 4.43. The lowest BCUT2D eigenvalue weighted by Crippen LogP contribution is -2.08. The van der Waals surface area contributed by atoms with E-state index in [-0.39, 0.29) is 6.04 Å². The number of nitrogens with zero attached hydrogens (tertiary/aromatic N) is 4. The summed E-state index contributed by atoms with van der Waals surface area (Å²) >= 11 is 0. The van der Waals surface area contributed by atoms with Crippen molar-refractivity contribution in [3.8, 4) is 17.1 Å². The van der Waals surface area contributed by atoms with E-state index in [2.05, 4.69) is 50.4 Å². The van der Waals surface area contributed by atoms with Gasteiger partial charge in [-0.1, -0.05) is 36.4 Å². The van der Waals surface area contributed by atoms with Gasteiger partial charge >= 0.3 is 6.01 Å². The third-order valence-corrected chi connectivity index (χ3v) is 4.43. The first-order valence-corrected chi connectivity index (χ1v) is 8.67. The topological polar surface area (TPSA) is 72.8 Å². The number of ether oxygens (including phenoxy) is 1. The number of fused-ring (bicyclic) bond motifs is 1. The minimum atomic E-state index is 0.122. The first-order valence-electron chi connectivity index (χ1n) is 8.67. The van der Waals surface area contributed by atoms with Gasteiger partial charge in [0.25, 0.3) is 0 Å². The summed E-state index contributed by atoms with van der Waals surface area (Å²) in [4.78, 5) is 17.2. The maximum atomic E-state index is 5.03. The molecule has 0 aliphatic carbocycles. The molecule has 4 rings (SSSR count). The minimum absolute atomic E-state index is 0.122. The van der Waals surface area contributed by atoms with E-state index in [9.17, 15) is 0 Å². The zero-order chi connectivity index (χ0) is 18.6. The van der Waals surface area contributed by atoms with Gasteiger partial charge in [0, 0.05) is 29.4 Å². The van der Waals surface area contributed by atoms with Crippen molar-refractivity contribution in [2.45, 2.75) is 13.0 Å². The van der Waals surface area contributed by atoms with Crippen LogP contribution in [0.25, 0.3) is 22.0 Å². The normalized spacial score (nSPS) is 11.9. The highest BCUT2D eigenvalue weighted by Gasteiger charge is 2.11. The summed E-state index contributed by atoms with van der Waals surface area (Å²) in [6.45, 7) is 2.12. The molecule has 1 N–H and O–H groups in total. The molecule has 4 aromatic rings. The van der Waals surface area contributed by atoms with Gasteiger partial charge in [0.2, 0.25) is 0 Å². The molecule has 1 atom stereocenters. The van der Waals surface area contributed by atoms with Crippen LogP contribution in [0, 0.1) is 0 Å². The Morgan fingerprint density at radius 1 is 0.889 bits per heavy atom. The van der Waals surface area contributed by atoms with Crippen molar-refractivity contribution in [3.05, 3.63) is 72.8 Å². The van der Waals surface area contributed by atoms with Crippen LogP contribution in [-0.2, 0) is 0 Å². The van der Waals surface area contributed by atoms with Crippen molar-refractivity contribution in [2.75, 3.05) is 12.4 Å². The number of aromatic nitrogens is 4. The zero-order valence-electron chi connectivity index (χ0n) is 15.1. The van der Waals surface area contributed by atoms with E-state index in [1.807, 2.05) is 30.3 Å². The van der Waals surface area contributed by atoms with Crippen LogP contribution in [0.15, 0.2) is 67.3 Å². The molecule has 6 nitrogen and oxygen atoms in total. The Balaban J connectivity index is 1.70. The van der Waals surface area contributed by atoms with Gasteiger partial charge in [-0.05, 0) is 30.2 Å². The zero-order valence-corrected chi connectivity index (χ0v) is 15.1. The molecule has 0 saturated carbocycles. The lowest BCUT2D eigenvalue weighted by molar-refractivity contribution is 0.380. The summed E-state index contributed by atoms with van der Waals surface area (Å²) < 4.78 is 5.03. The Labute approximate surface area is 157 Å². The fraction of sp³-hybridized carbons (Fsp3) is 0.143. The molecular formula is C21H19N5O. The summed E-state index contributed by atoms with van der Waals surface area (Å²) in [5, 5.41) is 4.45. The van der Waals surface area contributed by atoms with E-state index in [1.54, 1.807) is 25.8 Å². The Bertz CT molecular complexity index is 1050. The molecule has 0 fully saturated rings. The highest BCUT2D eigenvalue weighted by molar-refractivity contribution is 5.92. The summed E-state index contributed by atoms with van der Waals surface area (Å²) in [6, 6.07) is 16.8. The van der Waals surface area contributed by atoms with Crippen molar-refractivity contribution >= 4 is 16.7 Å². The number of hydrogen-bond acceptors (Lipinski definition) is 6. The number of hydrogen-bond donors (Lipinski definition) is 1. The fourth-order valence-corrected chi connectivity index (χ4v) is 2.95.